The van der Waals surface area contributed by atoms with Gasteiger partial charge in [0.05, 0.1) is 5.56 Å². The van der Waals surface area contributed by atoms with E-state index in [2.05, 4.69) is 22.5 Å². The third-order valence-corrected chi connectivity index (χ3v) is 3.80. The largest absolute Gasteiger partial charge is 0.370 e. The van der Waals surface area contributed by atoms with E-state index in [0.29, 0.717) is 16.3 Å². The van der Waals surface area contributed by atoms with Gasteiger partial charge in [0.2, 0.25) is 0 Å². The molecule has 5 heteroatoms. The van der Waals surface area contributed by atoms with Gasteiger partial charge in [-0.05, 0) is 43.2 Å². The Balaban J connectivity index is 1.96. The number of pyridine rings is 1. The quantitative estimate of drug-likeness (QED) is 0.710. The summed E-state index contributed by atoms with van der Waals surface area (Å²) in [5.74, 6) is 0.594. The first kappa shape index (κ1) is 17.3. The highest BCUT2D eigenvalue weighted by atomic mass is 35.5. The number of unbranched alkanes of at least 4 members (excludes halogenated alkanes) is 2. The van der Waals surface area contributed by atoms with Crippen LogP contribution in [0.5, 0.6) is 0 Å². The Bertz CT molecular complexity index is 656. The van der Waals surface area contributed by atoms with Crippen molar-refractivity contribution in [2.75, 3.05) is 17.2 Å². The first-order valence-corrected chi connectivity index (χ1v) is 8.25. The Labute approximate surface area is 142 Å². The standard InChI is InChI=1S/C18H22ClN3O/c1-3-4-5-10-20-17-9-7-14(12-21-17)18(23)22-16-11-15(19)8-6-13(16)2/h6-9,11-12H,3-5,10H2,1-2H3,(H,20,21)(H,22,23). The van der Waals surface area contributed by atoms with E-state index in [1.165, 1.54) is 12.8 Å². The normalized spacial score (nSPS) is 10.4. The van der Waals surface area contributed by atoms with Crippen LogP contribution in [-0.4, -0.2) is 17.4 Å². The van der Waals surface area contributed by atoms with Gasteiger partial charge in [0.15, 0.2) is 0 Å². The third-order valence-electron chi connectivity index (χ3n) is 3.56. The van der Waals surface area contributed by atoms with Crippen molar-refractivity contribution in [3.63, 3.8) is 0 Å². The van der Waals surface area contributed by atoms with Gasteiger partial charge in [-0.2, -0.15) is 0 Å². The van der Waals surface area contributed by atoms with E-state index in [1.54, 1.807) is 24.4 Å². The van der Waals surface area contributed by atoms with Crippen LogP contribution in [0.15, 0.2) is 36.5 Å². The molecule has 1 aromatic carbocycles. The van der Waals surface area contributed by atoms with Gasteiger partial charge in [0.1, 0.15) is 5.82 Å². The van der Waals surface area contributed by atoms with Gasteiger partial charge in [-0.1, -0.05) is 37.4 Å². The molecule has 1 amide bonds. The topological polar surface area (TPSA) is 54.0 Å². The highest BCUT2D eigenvalue weighted by molar-refractivity contribution is 6.31. The fourth-order valence-electron chi connectivity index (χ4n) is 2.15. The summed E-state index contributed by atoms with van der Waals surface area (Å²) in [7, 11) is 0. The first-order valence-electron chi connectivity index (χ1n) is 7.87. The van der Waals surface area contributed by atoms with Gasteiger partial charge >= 0.3 is 0 Å². The number of nitrogens with one attached hydrogen (secondary N) is 2. The van der Waals surface area contributed by atoms with Gasteiger partial charge in [0.25, 0.3) is 5.91 Å². The van der Waals surface area contributed by atoms with Gasteiger partial charge in [-0.3, -0.25) is 4.79 Å². The summed E-state index contributed by atoms with van der Waals surface area (Å²) >= 11 is 5.97. The molecule has 0 bridgehead atoms. The number of carbonyl (C=O) groups excluding carboxylic acids is 1. The van der Waals surface area contributed by atoms with Crippen molar-refractivity contribution in [1.29, 1.82) is 0 Å². The first-order chi connectivity index (χ1) is 11.1. The summed E-state index contributed by atoms with van der Waals surface area (Å²) in [6.07, 6.45) is 5.09. The number of hydrogen-bond donors (Lipinski definition) is 2. The van der Waals surface area contributed by atoms with Crippen LogP contribution in [0.3, 0.4) is 0 Å². The van der Waals surface area contributed by atoms with Crippen LogP contribution >= 0.6 is 11.6 Å². The molecule has 0 aliphatic heterocycles. The molecular weight excluding hydrogens is 310 g/mol. The molecule has 1 heterocycles. The van der Waals surface area contributed by atoms with Crippen LogP contribution in [0.4, 0.5) is 11.5 Å². The summed E-state index contributed by atoms with van der Waals surface area (Å²) in [5.41, 5.74) is 2.19. The van der Waals surface area contributed by atoms with Crippen LogP contribution in [0.1, 0.15) is 42.1 Å². The maximum absolute atomic E-state index is 12.3. The number of anilines is 2. The van der Waals surface area contributed by atoms with Crippen LogP contribution in [0, 0.1) is 6.92 Å². The van der Waals surface area contributed by atoms with E-state index in [9.17, 15) is 4.79 Å². The summed E-state index contributed by atoms with van der Waals surface area (Å²) < 4.78 is 0. The molecule has 0 aliphatic carbocycles. The third kappa shape index (κ3) is 5.25. The number of rotatable bonds is 7. The molecule has 0 unspecified atom stereocenters. The van der Waals surface area contributed by atoms with Crippen molar-refractivity contribution in [2.45, 2.75) is 33.1 Å². The smallest absolute Gasteiger partial charge is 0.257 e. The van der Waals surface area contributed by atoms with E-state index >= 15 is 0 Å². The van der Waals surface area contributed by atoms with E-state index < -0.39 is 0 Å². The monoisotopic (exact) mass is 331 g/mol. The van der Waals surface area contributed by atoms with E-state index in [-0.39, 0.29) is 5.91 Å². The molecule has 0 fully saturated rings. The molecule has 2 N–H and O–H groups in total. The number of nitrogens with zero attached hydrogens (tertiary/aromatic N) is 1. The Kier molecular flexibility index (Phi) is 6.41. The summed E-state index contributed by atoms with van der Waals surface area (Å²) in [4.78, 5) is 16.6. The maximum atomic E-state index is 12.3. The van der Waals surface area contributed by atoms with Crippen molar-refractivity contribution in [2.24, 2.45) is 0 Å². The predicted octanol–water partition coefficient (Wildman–Crippen LogP) is 4.90. The molecule has 4 nitrogen and oxygen atoms in total. The maximum Gasteiger partial charge on any atom is 0.257 e. The van der Waals surface area contributed by atoms with Crippen LogP contribution in [0.2, 0.25) is 5.02 Å². The summed E-state index contributed by atoms with van der Waals surface area (Å²) in [5, 5.41) is 6.71. The molecule has 1 aromatic heterocycles. The Hall–Kier alpha value is -2.07. The number of carbonyl (C=O) groups is 1. The fraction of sp³-hybridized carbons (Fsp3) is 0.333. The van der Waals surface area contributed by atoms with E-state index in [4.69, 9.17) is 11.6 Å². The minimum absolute atomic E-state index is 0.194. The molecule has 0 aliphatic rings. The summed E-state index contributed by atoms with van der Waals surface area (Å²) in [6, 6.07) is 9.01. The highest BCUT2D eigenvalue weighted by Gasteiger charge is 2.09. The lowest BCUT2D eigenvalue weighted by molar-refractivity contribution is 0.102. The van der Waals surface area contributed by atoms with Crippen LogP contribution in [-0.2, 0) is 0 Å². The Morgan fingerprint density at radius 2 is 2.04 bits per heavy atom. The second-order valence-corrected chi connectivity index (χ2v) is 5.92. The lowest BCUT2D eigenvalue weighted by atomic mass is 10.2. The molecule has 2 aromatic rings. The SMILES string of the molecule is CCCCCNc1ccc(C(=O)Nc2cc(Cl)ccc2C)cn1. The van der Waals surface area contributed by atoms with Crippen LogP contribution < -0.4 is 10.6 Å². The van der Waals surface area contributed by atoms with Crippen molar-refractivity contribution in [3.8, 4) is 0 Å². The lowest BCUT2D eigenvalue weighted by Crippen LogP contribution is -2.13. The van der Waals surface area contributed by atoms with Crippen molar-refractivity contribution in [3.05, 3.63) is 52.7 Å². The highest BCUT2D eigenvalue weighted by Crippen LogP contribution is 2.21. The molecule has 0 saturated heterocycles. The molecular formula is C18H22ClN3O. The Morgan fingerprint density at radius 3 is 2.74 bits per heavy atom. The molecule has 0 saturated carbocycles. The van der Waals surface area contributed by atoms with Gasteiger partial charge in [-0.25, -0.2) is 4.98 Å². The molecule has 23 heavy (non-hydrogen) atoms. The van der Waals surface area contributed by atoms with Crippen molar-refractivity contribution < 1.29 is 4.79 Å². The Morgan fingerprint density at radius 1 is 1.22 bits per heavy atom. The number of amides is 1. The van der Waals surface area contributed by atoms with Crippen LogP contribution in [0.25, 0.3) is 0 Å². The number of benzene rings is 1. The average molecular weight is 332 g/mol. The number of aryl methyl sites for hydroxylation is 1. The number of hydrogen-bond acceptors (Lipinski definition) is 3. The molecule has 0 radical (unpaired) electrons. The van der Waals surface area contributed by atoms with Gasteiger partial charge in [-0.15, -0.1) is 0 Å². The van der Waals surface area contributed by atoms with E-state index in [0.717, 1.165) is 24.3 Å². The second-order valence-electron chi connectivity index (χ2n) is 5.48. The number of aromatic nitrogens is 1. The zero-order chi connectivity index (χ0) is 16.7. The molecule has 0 spiro atoms. The van der Waals surface area contributed by atoms with Crippen molar-refractivity contribution in [1.82, 2.24) is 4.98 Å². The van der Waals surface area contributed by atoms with Gasteiger partial charge in [0, 0.05) is 23.5 Å². The molecule has 2 rings (SSSR count). The predicted molar refractivity (Wildman–Crippen MR) is 96.4 cm³/mol. The average Bonchev–Trinajstić information content (AvgIpc) is 2.55. The lowest BCUT2D eigenvalue weighted by Gasteiger charge is -2.09. The van der Waals surface area contributed by atoms with Gasteiger partial charge < -0.3 is 10.6 Å². The minimum atomic E-state index is -0.194. The molecule has 122 valence electrons. The fourth-order valence-corrected chi connectivity index (χ4v) is 2.32. The van der Waals surface area contributed by atoms with Crippen molar-refractivity contribution >= 4 is 29.0 Å². The molecule has 0 atom stereocenters. The number of halogens is 1. The second kappa shape index (κ2) is 8.53. The zero-order valence-electron chi connectivity index (χ0n) is 13.5. The van der Waals surface area contributed by atoms with E-state index in [1.807, 2.05) is 19.1 Å². The minimum Gasteiger partial charge on any atom is -0.370 e. The summed E-state index contributed by atoms with van der Waals surface area (Å²) in [6.45, 7) is 4.99. The zero-order valence-corrected chi connectivity index (χ0v) is 14.3.